The van der Waals surface area contributed by atoms with Gasteiger partial charge in [0, 0.05) is 18.0 Å². The van der Waals surface area contributed by atoms with Crippen LogP contribution in [0.4, 0.5) is 0 Å². The summed E-state index contributed by atoms with van der Waals surface area (Å²) in [7, 11) is 0. The highest BCUT2D eigenvalue weighted by atomic mass is 16.5. The lowest BCUT2D eigenvalue weighted by Gasteiger charge is -2.14. The summed E-state index contributed by atoms with van der Waals surface area (Å²) in [6.07, 6.45) is 8.31. The normalized spacial score (nSPS) is 12.0. The van der Waals surface area contributed by atoms with Gasteiger partial charge in [0.25, 0.3) is 0 Å². The van der Waals surface area contributed by atoms with Gasteiger partial charge < -0.3 is 9.15 Å². The third-order valence-corrected chi connectivity index (χ3v) is 3.60. The Balaban J connectivity index is 1.47. The molecule has 0 saturated heterocycles. The fraction of sp³-hybridized carbons (Fsp3) is 0.278. The van der Waals surface area contributed by atoms with E-state index in [1.165, 1.54) is 12.0 Å². The maximum Gasteiger partial charge on any atom is 0.247 e. The van der Waals surface area contributed by atoms with Crippen LogP contribution in [0.1, 0.15) is 25.3 Å². The minimum Gasteiger partial charge on any atom is -0.491 e. The second-order valence-corrected chi connectivity index (χ2v) is 5.45. The lowest BCUT2D eigenvalue weighted by molar-refractivity contribution is 0.208. The Kier molecular flexibility index (Phi) is 4.99. The maximum absolute atomic E-state index is 5.94. The zero-order valence-electron chi connectivity index (χ0n) is 13.1. The Hall–Kier alpha value is -2.69. The van der Waals surface area contributed by atoms with Gasteiger partial charge in [0.15, 0.2) is 0 Å². The van der Waals surface area contributed by atoms with Crippen molar-refractivity contribution in [3.8, 4) is 17.2 Å². The monoisotopic (exact) mass is 309 g/mol. The molecule has 0 aliphatic heterocycles. The second-order valence-electron chi connectivity index (χ2n) is 5.45. The zero-order valence-corrected chi connectivity index (χ0v) is 13.1. The highest BCUT2D eigenvalue weighted by Gasteiger charge is 2.07. The summed E-state index contributed by atoms with van der Waals surface area (Å²) >= 11 is 0. The molecule has 5 heteroatoms. The number of pyridine rings is 1. The Morgan fingerprint density at radius 1 is 1.17 bits per heavy atom. The van der Waals surface area contributed by atoms with E-state index in [0.717, 1.165) is 30.6 Å². The first-order valence-corrected chi connectivity index (χ1v) is 7.73. The van der Waals surface area contributed by atoms with Crippen molar-refractivity contribution in [3.05, 3.63) is 60.7 Å². The van der Waals surface area contributed by atoms with E-state index >= 15 is 0 Å². The largest absolute Gasteiger partial charge is 0.491 e. The molecule has 0 amide bonds. The number of ether oxygens (including phenoxy) is 1. The minimum atomic E-state index is 0.168. The van der Waals surface area contributed by atoms with Gasteiger partial charge in [-0.1, -0.05) is 6.07 Å². The Labute approximate surface area is 135 Å². The molecular formula is C18H19N3O2. The minimum absolute atomic E-state index is 0.168. The molecule has 0 unspecified atom stereocenters. The van der Waals surface area contributed by atoms with E-state index in [-0.39, 0.29) is 6.10 Å². The smallest absolute Gasteiger partial charge is 0.247 e. The van der Waals surface area contributed by atoms with Gasteiger partial charge in [0.2, 0.25) is 12.3 Å². The highest BCUT2D eigenvalue weighted by Crippen LogP contribution is 2.21. The molecule has 1 aromatic carbocycles. The van der Waals surface area contributed by atoms with E-state index in [0.29, 0.717) is 5.89 Å². The lowest BCUT2D eigenvalue weighted by Crippen LogP contribution is -2.11. The van der Waals surface area contributed by atoms with E-state index in [9.17, 15) is 0 Å². The molecule has 0 N–H and O–H groups in total. The third-order valence-electron chi connectivity index (χ3n) is 3.60. The van der Waals surface area contributed by atoms with Crippen molar-refractivity contribution in [1.82, 2.24) is 15.2 Å². The predicted octanol–water partition coefficient (Wildman–Crippen LogP) is 3.92. The lowest BCUT2D eigenvalue weighted by atomic mass is 10.1. The third kappa shape index (κ3) is 4.39. The van der Waals surface area contributed by atoms with Crippen LogP contribution in [0, 0.1) is 0 Å². The van der Waals surface area contributed by atoms with Crippen LogP contribution in [-0.4, -0.2) is 21.3 Å². The van der Waals surface area contributed by atoms with E-state index < -0.39 is 0 Å². The fourth-order valence-electron chi connectivity index (χ4n) is 2.41. The fourth-order valence-corrected chi connectivity index (χ4v) is 2.41. The summed E-state index contributed by atoms with van der Waals surface area (Å²) in [5, 5.41) is 7.56. The Morgan fingerprint density at radius 2 is 2.04 bits per heavy atom. The van der Waals surface area contributed by atoms with Crippen molar-refractivity contribution >= 4 is 0 Å². The molecule has 23 heavy (non-hydrogen) atoms. The molecule has 0 bridgehead atoms. The van der Waals surface area contributed by atoms with Crippen LogP contribution in [0.25, 0.3) is 11.5 Å². The number of hydrogen-bond acceptors (Lipinski definition) is 5. The number of benzene rings is 1. The Morgan fingerprint density at radius 3 is 2.74 bits per heavy atom. The van der Waals surface area contributed by atoms with Gasteiger partial charge in [-0.15, -0.1) is 10.2 Å². The molecule has 0 spiro atoms. The molecule has 3 aromatic rings. The van der Waals surface area contributed by atoms with Crippen molar-refractivity contribution < 1.29 is 9.15 Å². The van der Waals surface area contributed by atoms with Crippen LogP contribution in [0.5, 0.6) is 5.75 Å². The first-order valence-electron chi connectivity index (χ1n) is 7.73. The molecule has 3 rings (SSSR count). The molecular weight excluding hydrogens is 290 g/mol. The average Bonchev–Trinajstić information content (AvgIpc) is 3.11. The summed E-state index contributed by atoms with van der Waals surface area (Å²) in [5.74, 6) is 1.36. The van der Waals surface area contributed by atoms with Crippen LogP contribution in [-0.2, 0) is 6.42 Å². The zero-order chi connectivity index (χ0) is 15.9. The van der Waals surface area contributed by atoms with Crippen molar-refractivity contribution in [2.24, 2.45) is 0 Å². The number of hydrogen-bond donors (Lipinski definition) is 0. The molecule has 2 heterocycles. The number of nitrogens with zero attached hydrogens (tertiary/aromatic N) is 3. The van der Waals surface area contributed by atoms with Gasteiger partial charge in [-0.05, 0) is 62.1 Å². The first kappa shape index (κ1) is 15.2. The Bertz CT molecular complexity index is 697. The van der Waals surface area contributed by atoms with Crippen molar-refractivity contribution in [3.63, 3.8) is 0 Å². The molecule has 2 aromatic heterocycles. The standard InChI is InChI=1S/C18H19N3O2/c1-14(4-2-5-15-6-3-11-19-12-15)23-17-9-7-16(8-10-17)18-21-20-13-22-18/h3,6-14H,2,4-5H2,1H3/t14-/m0/s1. The molecule has 0 aliphatic carbocycles. The number of aryl methyl sites for hydroxylation is 1. The molecule has 5 nitrogen and oxygen atoms in total. The van der Waals surface area contributed by atoms with Crippen LogP contribution in [0.15, 0.2) is 59.6 Å². The molecule has 118 valence electrons. The summed E-state index contributed by atoms with van der Waals surface area (Å²) in [6.45, 7) is 2.09. The highest BCUT2D eigenvalue weighted by molar-refractivity contribution is 5.53. The van der Waals surface area contributed by atoms with E-state index in [4.69, 9.17) is 9.15 Å². The SMILES string of the molecule is C[C@@H](CCCc1cccnc1)Oc1ccc(-c2nnco2)cc1. The molecule has 0 fully saturated rings. The van der Waals surface area contributed by atoms with E-state index in [1.54, 1.807) is 6.20 Å². The second kappa shape index (κ2) is 7.54. The van der Waals surface area contributed by atoms with Gasteiger partial charge >= 0.3 is 0 Å². The van der Waals surface area contributed by atoms with Gasteiger partial charge in [-0.25, -0.2) is 0 Å². The molecule has 0 aliphatic rings. The maximum atomic E-state index is 5.94. The molecule has 0 saturated carbocycles. The number of rotatable bonds is 7. The van der Waals surface area contributed by atoms with Crippen LogP contribution < -0.4 is 4.74 Å². The summed E-state index contributed by atoms with van der Waals surface area (Å²) in [5.41, 5.74) is 2.16. The van der Waals surface area contributed by atoms with Crippen molar-refractivity contribution in [1.29, 1.82) is 0 Å². The van der Waals surface area contributed by atoms with Crippen LogP contribution in [0.2, 0.25) is 0 Å². The quantitative estimate of drug-likeness (QED) is 0.662. The number of aromatic nitrogens is 3. The molecule has 0 radical (unpaired) electrons. The van der Waals surface area contributed by atoms with E-state index in [1.807, 2.05) is 36.5 Å². The van der Waals surface area contributed by atoms with Crippen molar-refractivity contribution in [2.45, 2.75) is 32.3 Å². The van der Waals surface area contributed by atoms with Gasteiger partial charge in [-0.2, -0.15) is 0 Å². The summed E-state index contributed by atoms with van der Waals surface area (Å²) in [6, 6.07) is 11.8. The summed E-state index contributed by atoms with van der Waals surface area (Å²) < 4.78 is 11.1. The average molecular weight is 309 g/mol. The van der Waals surface area contributed by atoms with Crippen molar-refractivity contribution in [2.75, 3.05) is 0 Å². The topological polar surface area (TPSA) is 61.0 Å². The van der Waals surface area contributed by atoms with Crippen LogP contribution >= 0.6 is 0 Å². The van der Waals surface area contributed by atoms with Gasteiger partial charge in [0.05, 0.1) is 6.10 Å². The van der Waals surface area contributed by atoms with Gasteiger partial charge in [0.1, 0.15) is 5.75 Å². The molecule has 1 atom stereocenters. The summed E-state index contributed by atoms with van der Waals surface area (Å²) in [4.78, 5) is 4.13. The first-order chi connectivity index (χ1) is 11.3. The predicted molar refractivity (Wildman–Crippen MR) is 87.0 cm³/mol. The van der Waals surface area contributed by atoms with E-state index in [2.05, 4.69) is 28.2 Å². The van der Waals surface area contributed by atoms with Crippen LogP contribution in [0.3, 0.4) is 0 Å². The van der Waals surface area contributed by atoms with Gasteiger partial charge in [-0.3, -0.25) is 4.98 Å².